The topological polar surface area (TPSA) is 39.1 Å². The average Bonchev–Trinajstić information content (AvgIpc) is 2.84. The number of aromatic nitrogens is 2. The zero-order chi connectivity index (χ0) is 15.1. The molecule has 0 bridgehead atoms. The first-order chi connectivity index (χ1) is 10.2. The predicted octanol–water partition coefficient (Wildman–Crippen LogP) is 4.08. The lowest BCUT2D eigenvalue weighted by Crippen LogP contribution is -2.05. The van der Waals surface area contributed by atoms with Crippen LogP contribution in [0.4, 0.5) is 11.6 Å². The van der Waals surface area contributed by atoms with E-state index in [0.717, 1.165) is 43.5 Å². The molecule has 0 saturated heterocycles. The fraction of sp³-hybridized carbons (Fsp3) is 0.438. The Labute approximate surface area is 130 Å². The molecule has 2 rings (SSSR count). The lowest BCUT2D eigenvalue weighted by Gasteiger charge is -2.10. The number of imidazole rings is 1. The molecular formula is C16H23N3OS. The van der Waals surface area contributed by atoms with Crippen LogP contribution < -0.4 is 5.32 Å². The number of nitrogens with one attached hydrogen (secondary N) is 1. The highest BCUT2D eigenvalue weighted by Gasteiger charge is 2.06. The molecule has 1 heterocycles. The summed E-state index contributed by atoms with van der Waals surface area (Å²) in [5.74, 6) is 0.890. The van der Waals surface area contributed by atoms with Crippen LogP contribution in [0.2, 0.25) is 0 Å². The molecule has 1 aromatic carbocycles. The Hall–Kier alpha value is -1.46. The molecule has 0 atom stereocenters. The first-order valence-electron chi connectivity index (χ1n) is 7.25. The number of benzene rings is 1. The molecule has 0 aliphatic rings. The van der Waals surface area contributed by atoms with E-state index in [1.54, 1.807) is 11.8 Å². The molecule has 0 aliphatic carbocycles. The minimum absolute atomic E-state index is 0.774. The maximum atomic E-state index is 5.39. The summed E-state index contributed by atoms with van der Waals surface area (Å²) >= 11 is 1.74. The third-order valence-corrected chi connectivity index (χ3v) is 3.88. The fourth-order valence-electron chi connectivity index (χ4n) is 2.10. The Kier molecular flexibility index (Phi) is 6.14. The van der Waals surface area contributed by atoms with Gasteiger partial charge in [-0.1, -0.05) is 0 Å². The molecule has 4 nitrogen and oxygen atoms in total. The van der Waals surface area contributed by atoms with Gasteiger partial charge in [0.25, 0.3) is 0 Å². The molecule has 114 valence electrons. The number of thioether (sulfide) groups is 1. The van der Waals surface area contributed by atoms with Crippen molar-refractivity contribution >= 4 is 23.4 Å². The van der Waals surface area contributed by atoms with Gasteiger partial charge in [-0.2, -0.15) is 0 Å². The highest BCUT2D eigenvalue weighted by Crippen LogP contribution is 2.21. The van der Waals surface area contributed by atoms with Crippen molar-refractivity contribution in [3.8, 4) is 0 Å². The molecule has 1 N–H and O–H groups in total. The average molecular weight is 305 g/mol. The Morgan fingerprint density at radius 3 is 2.71 bits per heavy atom. The van der Waals surface area contributed by atoms with E-state index in [9.17, 15) is 0 Å². The number of hydrogen-bond acceptors (Lipinski definition) is 4. The lowest BCUT2D eigenvalue weighted by atomic mass is 10.3. The minimum Gasteiger partial charge on any atom is -0.382 e. The minimum atomic E-state index is 0.774. The van der Waals surface area contributed by atoms with E-state index in [2.05, 4.69) is 51.6 Å². The highest BCUT2D eigenvalue weighted by molar-refractivity contribution is 7.98. The molecule has 1 aromatic heterocycles. The van der Waals surface area contributed by atoms with Crippen molar-refractivity contribution in [3.63, 3.8) is 0 Å². The zero-order valence-corrected chi connectivity index (χ0v) is 13.7. The van der Waals surface area contributed by atoms with Crippen LogP contribution in [-0.4, -0.2) is 29.0 Å². The number of rotatable bonds is 8. The third-order valence-electron chi connectivity index (χ3n) is 3.13. The predicted molar refractivity (Wildman–Crippen MR) is 89.6 cm³/mol. The van der Waals surface area contributed by atoms with Crippen molar-refractivity contribution in [2.45, 2.75) is 31.7 Å². The second-order valence-electron chi connectivity index (χ2n) is 4.80. The summed E-state index contributed by atoms with van der Waals surface area (Å²) < 4.78 is 7.54. The molecule has 0 unspecified atom stereocenters. The van der Waals surface area contributed by atoms with Crippen LogP contribution in [0.5, 0.6) is 0 Å². The monoisotopic (exact) mass is 305 g/mol. The molecule has 2 aromatic rings. The van der Waals surface area contributed by atoms with Crippen LogP contribution in [-0.2, 0) is 11.3 Å². The summed E-state index contributed by atoms with van der Waals surface area (Å²) in [6.07, 6.45) is 5.14. The van der Waals surface area contributed by atoms with E-state index >= 15 is 0 Å². The maximum absolute atomic E-state index is 5.39. The number of hydrogen-bond donors (Lipinski definition) is 1. The summed E-state index contributed by atoms with van der Waals surface area (Å²) in [6.45, 7) is 6.51. The molecule has 0 saturated carbocycles. The molecule has 21 heavy (non-hydrogen) atoms. The van der Waals surface area contributed by atoms with Crippen LogP contribution in [0.25, 0.3) is 0 Å². The molecule has 0 spiro atoms. The normalized spacial score (nSPS) is 10.8. The summed E-state index contributed by atoms with van der Waals surface area (Å²) in [5, 5.41) is 3.39. The first kappa shape index (κ1) is 15.9. The first-order valence-corrected chi connectivity index (χ1v) is 8.48. The standard InChI is InChI=1S/C16H23N3OS/c1-4-20-11-5-10-19-12-13(2)17-16(19)18-14-6-8-15(21-3)9-7-14/h6-9,12H,4-5,10-11H2,1-3H3,(H,17,18). The van der Waals surface area contributed by atoms with Crippen molar-refractivity contribution < 1.29 is 4.74 Å². The van der Waals surface area contributed by atoms with Crippen molar-refractivity contribution in [2.24, 2.45) is 0 Å². The van der Waals surface area contributed by atoms with Crippen LogP contribution in [0.3, 0.4) is 0 Å². The Balaban J connectivity index is 2.01. The third kappa shape index (κ3) is 4.79. The van der Waals surface area contributed by atoms with Gasteiger partial charge in [0.2, 0.25) is 5.95 Å². The Morgan fingerprint density at radius 2 is 2.05 bits per heavy atom. The maximum Gasteiger partial charge on any atom is 0.207 e. The SMILES string of the molecule is CCOCCCn1cc(C)nc1Nc1ccc(SC)cc1. The molecule has 0 radical (unpaired) electrons. The zero-order valence-electron chi connectivity index (χ0n) is 12.9. The van der Waals surface area contributed by atoms with E-state index < -0.39 is 0 Å². The van der Waals surface area contributed by atoms with Gasteiger partial charge in [-0.3, -0.25) is 0 Å². The fourth-order valence-corrected chi connectivity index (χ4v) is 2.51. The molecular weight excluding hydrogens is 282 g/mol. The van der Waals surface area contributed by atoms with Crippen LogP contribution in [0, 0.1) is 6.92 Å². The van der Waals surface area contributed by atoms with E-state index in [1.807, 2.05) is 13.8 Å². The Morgan fingerprint density at radius 1 is 1.29 bits per heavy atom. The van der Waals surface area contributed by atoms with E-state index in [0.29, 0.717) is 0 Å². The molecule has 5 heteroatoms. The number of ether oxygens (including phenoxy) is 1. The molecule has 0 fully saturated rings. The van der Waals surface area contributed by atoms with E-state index in [4.69, 9.17) is 4.74 Å². The van der Waals surface area contributed by atoms with Gasteiger partial charge in [0.15, 0.2) is 0 Å². The second kappa shape index (κ2) is 8.10. The number of nitrogens with zero attached hydrogens (tertiary/aromatic N) is 2. The van der Waals surface area contributed by atoms with E-state index in [-0.39, 0.29) is 0 Å². The van der Waals surface area contributed by atoms with Gasteiger partial charge in [-0.15, -0.1) is 11.8 Å². The lowest BCUT2D eigenvalue weighted by molar-refractivity contribution is 0.142. The molecule has 0 aliphatic heterocycles. The van der Waals surface area contributed by atoms with Gasteiger partial charge in [-0.05, 0) is 50.8 Å². The van der Waals surface area contributed by atoms with Gasteiger partial charge < -0.3 is 14.6 Å². The van der Waals surface area contributed by atoms with Crippen molar-refractivity contribution in [1.29, 1.82) is 0 Å². The highest BCUT2D eigenvalue weighted by atomic mass is 32.2. The smallest absolute Gasteiger partial charge is 0.207 e. The van der Waals surface area contributed by atoms with Crippen molar-refractivity contribution in [2.75, 3.05) is 24.8 Å². The van der Waals surface area contributed by atoms with Crippen molar-refractivity contribution in [3.05, 3.63) is 36.2 Å². The summed E-state index contributed by atoms with van der Waals surface area (Å²) in [7, 11) is 0. The van der Waals surface area contributed by atoms with Gasteiger partial charge in [0.05, 0.1) is 5.69 Å². The van der Waals surface area contributed by atoms with Gasteiger partial charge >= 0.3 is 0 Å². The van der Waals surface area contributed by atoms with E-state index in [1.165, 1.54) is 4.90 Å². The largest absolute Gasteiger partial charge is 0.382 e. The summed E-state index contributed by atoms with van der Waals surface area (Å²) in [6, 6.07) is 8.39. The molecule has 0 amide bonds. The van der Waals surface area contributed by atoms with Gasteiger partial charge in [-0.25, -0.2) is 4.98 Å². The van der Waals surface area contributed by atoms with Gasteiger partial charge in [0, 0.05) is 36.5 Å². The van der Waals surface area contributed by atoms with Crippen LogP contribution in [0.15, 0.2) is 35.4 Å². The van der Waals surface area contributed by atoms with Crippen molar-refractivity contribution in [1.82, 2.24) is 9.55 Å². The summed E-state index contributed by atoms with van der Waals surface area (Å²) in [4.78, 5) is 5.81. The number of anilines is 2. The van der Waals surface area contributed by atoms with Crippen LogP contribution in [0.1, 0.15) is 19.0 Å². The second-order valence-corrected chi connectivity index (χ2v) is 5.68. The quantitative estimate of drug-likeness (QED) is 0.589. The number of aryl methyl sites for hydroxylation is 2. The Bertz CT molecular complexity index is 551. The van der Waals surface area contributed by atoms with Crippen LogP contribution >= 0.6 is 11.8 Å². The summed E-state index contributed by atoms with van der Waals surface area (Å²) in [5.41, 5.74) is 2.08. The van der Waals surface area contributed by atoms with Gasteiger partial charge in [0.1, 0.15) is 0 Å².